The summed E-state index contributed by atoms with van der Waals surface area (Å²) < 4.78 is 29.9. The predicted octanol–water partition coefficient (Wildman–Crippen LogP) is 4.40. The fourth-order valence-corrected chi connectivity index (χ4v) is 4.15. The van der Waals surface area contributed by atoms with Crippen molar-refractivity contribution in [2.24, 2.45) is 0 Å². The van der Waals surface area contributed by atoms with Crippen LogP contribution in [0.1, 0.15) is 37.7 Å². The van der Waals surface area contributed by atoms with E-state index in [2.05, 4.69) is 15.9 Å². The molecule has 2 rings (SSSR count). The van der Waals surface area contributed by atoms with Crippen LogP contribution in [0.3, 0.4) is 0 Å². The van der Waals surface area contributed by atoms with Gasteiger partial charge in [0, 0.05) is 15.2 Å². The van der Waals surface area contributed by atoms with Crippen molar-refractivity contribution in [2.75, 3.05) is 0 Å². The van der Waals surface area contributed by atoms with Crippen LogP contribution in [0.4, 0.5) is 0 Å². The molecule has 106 valence electrons. The van der Waals surface area contributed by atoms with Crippen molar-refractivity contribution in [3.8, 4) is 5.75 Å². The number of benzene rings is 1. The second-order valence-electron chi connectivity index (χ2n) is 4.87. The summed E-state index contributed by atoms with van der Waals surface area (Å²) in [5.41, 5.74) is 0.777. The fraction of sp³-hybridized carbons (Fsp3) is 0.538. The number of hydrogen-bond donors (Lipinski definition) is 0. The van der Waals surface area contributed by atoms with Gasteiger partial charge in [-0.25, -0.2) is 8.42 Å². The second kappa shape index (κ2) is 6.02. The molecule has 0 aromatic heterocycles. The predicted molar refractivity (Wildman–Crippen MR) is 79.4 cm³/mol. The van der Waals surface area contributed by atoms with Gasteiger partial charge in [0.2, 0.25) is 0 Å². The van der Waals surface area contributed by atoms with Crippen LogP contribution >= 0.6 is 26.6 Å². The average Bonchev–Trinajstić information content (AvgIpc) is 2.32. The highest BCUT2D eigenvalue weighted by molar-refractivity contribution is 9.10. The third-order valence-electron chi connectivity index (χ3n) is 3.30. The van der Waals surface area contributed by atoms with Crippen LogP contribution in [-0.4, -0.2) is 14.5 Å². The van der Waals surface area contributed by atoms with Gasteiger partial charge in [0.15, 0.2) is 0 Å². The molecular weight excluding hydrogens is 352 g/mol. The normalized spacial score (nSPS) is 17.4. The third-order valence-corrected chi connectivity index (χ3v) is 5.09. The highest BCUT2D eigenvalue weighted by Gasteiger charge is 2.23. The minimum Gasteiger partial charge on any atom is -0.489 e. The minimum absolute atomic E-state index is 0.0478. The highest BCUT2D eigenvalue weighted by Crippen LogP contribution is 2.35. The van der Waals surface area contributed by atoms with Gasteiger partial charge in [0.1, 0.15) is 10.6 Å². The maximum Gasteiger partial charge on any atom is 0.265 e. The molecule has 0 unspecified atom stereocenters. The monoisotopic (exact) mass is 366 g/mol. The van der Waals surface area contributed by atoms with Gasteiger partial charge in [-0.1, -0.05) is 22.4 Å². The molecule has 3 nitrogen and oxygen atoms in total. The summed E-state index contributed by atoms with van der Waals surface area (Å²) in [7, 11) is 1.68. The van der Waals surface area contributed by atoms with Crippen molar-refractivity contribution < 1.29 is 13.2 Å². The molecule has 0 bridgehead atoms. The van der Waals surface area contributed by atoms with E-state index in [1.807, 2.05) is 13.0 Å². The Morgan fingerprint density at radius 3 is 2.47 bits per heavy atom. The van der Waals surface area contributed by atoms with Crippen LogP contribution in [0, 0.1) is 6.92 Å². The molecule has 1 saturated carbocycles. The summed E-state index contributed by atoms with van der Waals surface area (Å²) in [6.45, 7) is 1.83. The Morgan fingerprint density at radius 2 is 1.89 bits per heavy atom. The first-order valence-corrected chi connectivity index (χ1v) is 9.39. The largest absolute Gasteiger partial charge is 0.489 e. The Labute approximate surface area is 126 Å². The van der Waals surface area contributed by atoms with Gasteiger partial charge in [-0.2, -0.15) is 0 Å². The smallest absolute Gasteiger partial charge is 0.265 e. The Hall–Kier alpha value is -0.260. The van der Waals surface area contributed by atoms with Crippen molar-refractivity contribution in [3.05, 3.63) is 22.2 Å². The van der Waals surface area contributed by atoms with Crippen molar-refractivity contribution in [1.82, 2.24) is 0 Å². The zero-order valence-electron chi connectivity index (χ0n) is 10.7. The second-order valence-corrected chi connectivity index (χ2v) is 8.32. The molecule has 0 heterocycles. The molecule has 0 radical (unpaired) electrons. The molecule has 0 N–H and O–H groups in total. The van der Waals surface area contributed by atoms with Crippen molar-refractivity contribution >= 4 is 35.7 Å². The van der Waals surface area contributed by atoms with E-state index < -0.39 is 9.05 Å². The lowest BCUT2D eigenvalue weighted by molar-refractivity contribution is 0.150. The summed E-state index contributed by atoms with van der Waals surface area (Å²) in [6, 6.07) is 3.33. The Balaban J connectivity index is 2.37. The Morgan fingerprint density at radius 1 is 1.26 bits per heavy atom. The van der Waals surface area contributed by atoms with E-state index in [4.69, 9.17) is 15.4 Å². The van der Waals surface area contributed by atoms with Crippen LogP contribution in [0.15, 0.2) is 21.5 Å². The molecule has 1 fully saturated rings. The third kappa shape index (κ3) is 3.86. The SMILES string of the molecule is Cc1cc(Br)cc(S(=O)(=O)Cl)c1OC1CCCCC1. The molecule has 6 heteroatoms. The van der Waals surface area contributed by atoms with E-state index in [9.17, 15) is 8.42 Å². The molecule has 0 atom stereocenters. The first-order chi connectivity index (χ1) is 8.88. The molecule has 1 aliphatic carbocycles. The van der Waals surface area contributed by atoms with Crippen molar-refractivity contribution in [2.45, 2.75) is 50.0 Å². The summed E-state index contributed by atoms with van der Waals surface area (Å²) in [6.07, 6.45) is 5.51. The molecule has 0 saturated heterocycles. The van der Waals surface area contributed by atoms with Gasteiger partial charge < -0.3 is 4.74 Å². The number of hydrogen-bond acceptors (Lipinski definition) is 3. The standard InChI is InChI=1S/C13H16BrClO3S/c1-9-7-10(14)8-12(19(15,16)17)13(9)18-11-5-3-2-4-6-11/h7-8,11H,2-6H2,1H3. The molecule has 1 aliphatic rings. The summed E-state index contributed by atoms with van der Waals surface area (Å²) in [4.78, 5) is 0.0478. The number of halogens is 2. The first kappa shape index (κ1) is 15.1. The summed E-state index contributed by atoms with van der Waals surface area (Å²) >= 11 is 3.29. The Kier molecular flexibility index (Phi) is 4.79. The van der Waals surface area contributed by atoms with Crippen LogP contribution in [0.5, 0.6) is 5.75 Å². The maximum atomic E-state index is 11.7. The summed E-state index contributed by atoms with van der Waals surface area (Å²) in [5.74, 6) is 0.394. The summed E-state index contributed by atoms with van der Waals surface area (Å²) in [5, 5.41) is 0. The minimum atomic E-state index is -3.81. The van der Waals surface area contributed by atoms with Gasteiger partial charge in [0.05, 0.1) is 6.10 Å². The van der Waals surface area contributed by atoms with Crippen LogP contribution in [-0.2, 0) is 9.05 Å². The quantitative estimate of drug-likeness (QED) is 0.744. The number of ether oxygens (including phenoxy) is 1. The lowest BCUT2D eigenvalue weighted by Crippen LogP contribution is -2.21. The van der Waals surface area contributed by atoms with E-state index in [1.165, 1.54) is 12.5 Å². The lowest BCUT2D eigenvalue weighted by atomic mass is 9.98. The number of aryl methyl sites for hydroxylation is 1. The van der Waals surface area contributed by atoms with E-state index in [0.29, 0.717) is 10.2 Å². The molecule has 19 heavy (non-hydrogen) atoms. The molecule has 0 spiro atoms. The molecule has 0 aliphatic heterocycles. The average molecular weight is 368 g/mol. The van der Waals surface area contributed by atoms with Gasteiger partial charge in [-0.3, -0.25) is 0 Å². The van der Waals surface area contributed by atoms with Gasteiger partial charge in [0.25, 0.3) is 9.05 Å². The fourth-order valence-electron chi connectivity index (χ4n) is 2.38. The van der Waals surface area contributed by atoms with Gasteiger partial charge >= 0.3 is 0 Å². The van der Waals surface area contributed by atoms with Crippen LogP contribution in [0.25, 0.3) is 0 Å². The van der Waals surface area contributed by atoms with Crippen molar-refractivity contribution in [1.29, 1.82) is 0 Å². The van der Waals surface area contributed by atoms with E-state index in [1.54, 1.807) is 0 Å². The molecule has 1 aromatic rings. The topological polar surface area (TPSA) is 43.4 Å². The molecule has 1 aromatic carbocycles. The highest BCUT2D eigenvalue weighted by atomic mass is 79.9. The number of rotatable bonds is 3. The van der Waals surface area contributed by atoms with Crippen LogP contribution in [0.2, 0.25) is 0 Å². The van der Waals surface area contributed by atoms with E-state index >= 15 is 0 Å². The molecular formula is C13H16BrClO3S. The zero-order chi connectivity index (χ0) is 14.0. The van der Waals surface area contributed by atoms with Crippen molar-refractivity contribution in [3.63, 3.8) is 0 Å². The lowest BCUT2D eigenvalue weighted by Gasteiger charge is -2.25. The first-order valence-electron chi connectivity index (χ1n) is 6.29. The zero-order valence-corrected chi connectivity index (χ0v) is 13.8. The molecule has 0 amide bonds. The van der Waals surface area contributed by atoms with Crippen LogP contribution < -0.4 is 4.74 Å². The van der Waals surface area contributed by atoms with Gasteiger partial charge in [-0.15, -0.1) is 0 Å². The van der Waals surface area contributed by atoms with Gasteiger partial charge in [-0.05, 0) is 50.3 Å². The van der Waals surface area contributed by atoms with E-state index in [-0.39, 0.29) is 11.0 Å². The maximum absolute atomic E-state index is 11.7. The Bertz CT molecular complexity index is 565. The van der Waals surface area contributed by atoms with E-state index in [0.717, 1.165) is 31.2 Å².